The van der Waals surface area contributed by atoms with Crippen molar-refractivity contribution in [2.45, 2.75) is 6.92 Å². The molecule has 0 saturated heterocycles. The minimum Gasteiger partial charge on any atom is -0.337 e. The van der Waals surface area contributed by atoms with Gasteiger partial charge in [0.1, 0.15) is 29.0 Å². The van der Waals surface area contributed by atoms with Gasteiger partial charge >= 0.3 is 0 Å². The van der Waals surface area contributed by atoms with Crippen LogP contribution in [0, 0.1) is 42.9 Å². The molecule has 0 aliphatic heterocycles. The zero-order chi connectivity index (χ0) is 30.7. The minimum absolute atomic E-state index is 0.0936. The van der Waals surface area contributed by atoms with E-state index in [9.17, 15) is 35.5 Å². The molecule has 5 aromatic rings. The highest BCUT2D eigenvalue weighted by molar-refractivity contribution is 5.98. The maximum atomic E-state index is 13.8. The summed E-state index contributed by atoms with van der Waals surface area (Å²) < 4.78 is 0.794. The summed E-state index contributed by atoms with van der Waals surface area (Å²) in [5.41, 5.74) is -0.0604. The maximum absolute atomic E-state index is 13.8. The molecule has 0 unspecified atom stereocenters. The molecule has 43 heavy (non-hydrogen) atoms. The molecule has 0 amide bonds. The topological polar surface area (TPSA) is 209 Å². The highest BCUT2D eigenvalue weighted by atomic mass is 16.6. The lowest BCUT2D eigenvalue weighted by atomic mass is 9.96. The summed E-state index contributed by atoms with van der Waals surface area (Å²) in [6.45, 7) is 1.57. The third-order valence-electron chi connectivity index (χ3n) is 6.32. The zero-order valence-electron chi connectivity index (χ0n) is 22.1. The Morgan fingerprint density at radius 2 is 1.65 bits per heavy atom. The fourth-order valence-electron chi connectivity index (χ4n) is 4.29. The molecule has 2 aromatic heterocycles. The second-order valence-corrected chi connectivity index (χ2v) is 8.99. The van der Waals surface area contributed by atoms with Crippen LogP contribution in [0.5, 0.6) is 0 Å². The van der Waals surface area contributed by atoms with Crippen molar-refractivity contribution in [3.63, 3.8) is 0 Å². The van der Waals surface area contributed by atoms with Crippen LogP contribution < -0.4 is 5.56 Å². The molecule has 0 aliphatic rings. The van der Waals surface area contributed by atoms with Crippen molar-refractivity contribution >= 4 is 40.2 Å². The normalized spacial score (nSPS) is 11.4. The van der Waals surface area contributed by atoms with Crippen LogP contribution in [0.25, 0.3) is 22.2 Å². The highest BCUT2D eigenvalue weighted by Crippen LogP contribution is 2.33. The molecule has 0 saturated carbocycles. The summed E-state index contributed by atoms with van der Waals surface area (Å²) in [7, 11) is 0. The number of aromatic amines is 1. The first kappa shape index (κ1) is 27.8. The van der Waals surface area contributed by atoms with Gasteiger partial charge in [0, 0.05) is 36.0 Å². The number of hydrogen-bond acceptors (Lipinski definition) is 10. The third kappa shape index (κ3) is 5.34. The van der Waals surface area contributed by atoms with E-state index in [0.29, 0.717) is 16.9 Å². The second kappa shape index (κ2) is 11.4. The molecule has 0 spiro atoms. The van der Waals surface area contributed by atoms with Crippen LogP contribution in [0.15, 0.2) is 87.7 Å². The Balaban J connectivity index is 1.78. The van der Waals surface area contributed by atoms with Gasteiger partial charge in [-0.2, -0.15) is 20.3 Å². The van der Waals surface area contributed by atoms with Gasteiger partial charge in [0.05, 0.1) is 20.9 Å². The molecule has 14 heteroatoms. The average Bonchev–Trinajstić information content (AvgIpc) is 3.46. The molecule has 0 atom stereocenters. The van der Waals surface area contributed by atoms with Crippen LogP contribution in [-0.2, 0) is 0 Å². The Morgan fingerprint density at radius 1 is 0.953 bits per heavy atom. The Kier molecular flexibility index (Phi) is 7.33. The number of rotatable bonds is 7. The number of non-ortho nitro benzene ring substituents is 2. The number of nitro groups is 2. The first-order valence-electron chi connectivity index (χ1n) is 12.4. The van der Waals surface area contributed by atoms with E-state index in [1.54, 1.807) is 25.1 Å². The quantitative estimate of drug-likeness (QED) is 0.160. The van der Waals surface area contributed by atoms with Crippen molar-refractivity contribution in [2.75, 3.05) is 0 Å². The maximum Gasteiger partial charge on any atom is 0.291 e. The average molecular weight is 572 g/mol. The first-order valence-corrected chi connectivity index (χ1v) is 12.4. The van der Waals surface area contributed by atoms with E-state index >= 15 is 0 Å². The van der Waals surface area contributed by atoms with Crippen LogP contribution >= 0.6 is 0 Å². The van der Waals surface area contributed by atoms with E-state index in [1.165, 1.54) is 54.7 Å². The van der Waals surface area contributed by atoms with E-state index in [2.05, 4.69) is 20.1 Å². The number of fused-ring (bicyclic) bond motifs is 1. The van der Waals surface area contributed by atoms with Gasteiger partial charge in [-0.3, -0.25) is 25.0 Å². The van der Waals surface area contributed by atoms with Crippen LogP contribution in [0.2, 0.25) is 0 Å². The number of benzene rings is 3. The van der Waals surface area contributed by atoms with Crippen LogP contribution in [-0.4, -0.2) is 36.4 Å². The number of nitriles is 2. The first-order chi connectivity index (χ1) is 20.7. The minimum atomic E-state index is -0.920. The lowest BCUT2D eigenvalue weighted by molar-refractivity contribution is -0.385. The lowest BCUT2D eigenvalue weighted by Gasteiger charge is -2.13. The number of para-hydroxylation sites is 2. The van der Waals surface area contributed by atoms with E-state index < -0.39 is 21.0 Å². The largest absolute Gasteiger partial charge is 0.337 e. The summed E-state index contributed by atoms with van der Waals surface area (Å²) in [5, 5.41) is 47.1. The Morgan fingerprint density at radius 3 is 2.30 bits per heavy atom. The number of nitrogens with one attached hydrogen (secondary N) is 1. The van der Waals surface area contributed by atoms with Gasteiger partial charge in [-0.25, -0.2) is 9.98 Å². The lowest BCUT2D eigenvalue weighted by Crippen LogP contribution is -2.23. The van der Waals surface area contributed by atoms with E-state index in [4.69, 9.17) is 0 Å². The third-order valence-corrected chi connectivity index (χ3v) is 6.32. The summed E-state index contributed by atoms with van der Waals surface area (Å²) in [5.74, 6) is 0.0417. The Bertz CT molecular complexity index is 2110. The number of aromatic nitrogens is 3. The van der Waals surface area contributed by atoms with E-state index in [0.717, 1.165) is 4.68 Å². The van der Waals surface area contributed by atoms with E-state index in [-0.39, 0.29) is 45.2 Å². The summed E-state index contributed by atoms with van der Waals surface area (Å²) in [6, 6.07) is 21.5. The van der Waals surface area contributed by atoms with Crippen LogP contribution in [0.1, 0.15) is 29.4 Å². The fraction of sp³-hybridized carbons (Fsp3) is 0.0345. The number of hydrogen-bond donors (Lipinski definition) is 1. The molecule has 1 N–H and O–H groups in total. The Hall–Kier alpha value is -6.80. The summed E-state index contributed by atoms with van der Waals surface area (Å²) in [6.07, 6.45) is 1.22. The van der Waals surface area contributed by atoms with Gasteiger partial charge < -0.3 is 4.98 Å². The molecule has 0 fully saturated rings. The molecule has 0 bridgehead atoms. The zero-order valence-corrected chi connectivity index (χ0v) is 22.1. The van der Waals surface area contributed by atoms with Gasteiger partial charge in [0.2, 0.25) is 0 Å². The summed E-state index contributed by atoms with van der Waals surface area (Å²) >= 11 is 0. The van der Waals surface area contributed by atoms with Gasteiger partial charge in [-0.15, -0.1) is 0 Å². The van der Waals surface area contributed by atoms with E-state index in [1.807, 2.05) is 18.2 Å². The second-order valence-electron chi connectivity index (χ2n) is 8.99. The van der Waals surface area contributed by atoms with Crippen molar-refractivity contribution in [1.82, 2.24) is 14.6 Å². The number of pyridine rings is 1. The Labute approximate surface area is 241 Å². The number of nitro benzene ring substituents is 2. The standard InChI is InChI=1S/C29H17N9O5/c1-17(27-33-24-7-2-3-8-25(24)34-27)35-36-28(32-16-18-5-4-6-21(13-18)38(42)43)22(14-30)26(23(15-31)29(36)39)19-9-11-20(12-10-19)37(40)41/h2-13,16H,1H3,(H,33,34)/b32-16?,35-17+. The molecule has 5 rings (SSSR count). The smallest absolute Gasteiger partial charge is 0.291 e. The van der Waals surface area contributed by atoms with Crippen LogP contribution in [0.3, 0.4) is 0 Å². The van der Waals surface area contributed by atoms with Gasteiger partial charge in [0.15, 0.2) is 11.6 Å². The number of imidazole rings is 1. The monoisotopic (exact) mass is 571 g/mol. The number of H-pyrrole nitrogens is 1. The molecule has 208 valence electrons. The molecule has 14 nitrogen and oxygen atoms in total. The highest BCUT2D eigenvalue weighted by Gasteiger charge is 2.24. The predicted octanol–water partition coefficient (Wildman–Crippen LogP) is 4.97. The van der Waals surface area contributed by atoms with Gasteiger partial charge in [0.25, 0.3) is 16.9 Å². The predicted molar refractivity (Wildman–Crippen MR) is 156 cm³/mol. The van der Waals surface area contributed by atoms with Gasteiger partial charge in [-0.1, -0.05) is 24.3 Å². The van der Waals surface area contributed by atoms with Gasteiger partial charge in [-0.05, 0) is 42.3 Å². The molecule has 0 radical (unpaired) electrons. The molecule has 2 heterocycles. The molecular formula is C29H17N9O5. The molecule has 0 aliphatic carbocycles. The van der Waals surface area contributed by atoms with Crippen LogP contribution in [0.4, 0.5) is 17.2 Å². The van der Waals surface area contributed by atoms with Crippen molar-refractivity contribution in [3.8, 4) is 23.3 Å². The summed E-state index contributed by atoms with van der Waals surface area (Å²) in [4.78, 5) is 46.9. The van der Waals surface area contributed by atoms with Crippen molar-refractivity contribution < 1.29 is 9.85 Å². The number of aliphatic imine (C=N–C) groups is 1. The number of nitrogens with zero attached hydrogens (tertiary/aromatic N) is 8. The fourth-order valence-corrected chi connectivity index (χ4v) is 4.29. The van der Waals surface area contributed by atoms with Crippen molar-refractivity contribution in [1.29, 1.82) is 10.5 Å². The SMILES string of the molecule is C/C(=N\n1c(N=Cc2cccc([N+](=O)[O-])c2)c(C#N)c(-c2ccc([N+](=O)[O-])cc2)c(C#N)c1=O)c1nc2ccccc2[nH]1. The molecule has 3 aromatic carbocycles. The van der Waals surface area contributed by atoms with Crippen molar-refractivity contribution in [2.24, 2.45) is 10.1 Å². The van der Waals surface area contributed by atoms with Crippen molar-refractivity contribution in [3.05, 3.63) is 126 Å². The molecular weight excluding hydrogens is 554 g/mol.